The number of fused-ring (bicyclic) bond motifs is 1. The molecule has 6 heteroatoms. The minimum Gasteiger partial charge on any atom is -0.320 e. The van der Waals surface area contributed by atoms with Gasteiger partial charge in [0.05, 0.1) is 6.04 Å². The molecule has 0 spiro atoms. The van der Waals surface area contributed by atoms with Crippen molar-refractivity contribution in [3.8, 4) is 0 Å². The number of rotatable bonds is 0. The lowest BCUT2D eigenvalue weighted by molar-refractivity contribution is -0.129. The first-order chi connectivity index (χ1) is 6.59. The third-order valence-electron chi connectivity index (χ3n) is 2.51. The summed E-state index contributed by atoms with van der Waals surface area (Å²) >= 11 is 3.42. The molecule has 5 nitrogen and oxygen atoms in total. The van der Waals surface area contributed by atoms with Crippen molar-refractivity contribution in [3.63, 3.8) is 0 Å². The van der Waals surface area contributed by atoms with E-state index >= 15 is 0 Å². The molecule has 1 saturated heterocycles. The third-order valence-corrected chi connectivity index (χ3v) is 2.98. The van der Waals surface area contributed by atoms with Crippen molar-refractivity contribution in [1.29, 1.82) is 0 Å². The zero-order valence-electron chi connectivity index (χ0n) is 7.90. The Labute approximate surface area is 91.0 Å². The van der Waals surface area contributed by atoms with Crippen LogP contribution in [0.25, 0.3) is 0 Å². The molecule has 0 bridgehead atoms. The van der Waals surface area contributed by atoms with Crippen molar-refractivity contribution in [2.45, 2.75) is 17.4 Å². The lowest BCUT2D eigenvalue weighted by Crippen LogP contribution is -2.40. The number of carbonyl (C=O) groups is 1. The number of nitrogens with two attached hydrogens (primary N) is 1. The maximum Gasteiger partial charge on any atom is 0.244 e. The SMILES string of the molecule is CN1C(=O)C(N)CCN2NC(Br)C=C21. The number of halogens is 1. The molecule has 0 aromatic rings. The van der Waals surface area contributed by atoms with Gasteiger partial charge in [0.15, 0.2) is 0 Å². The van der Waals surface area contributed by atoms with Gasteiger partial charge in [-0.3, -0.25) is 14.7 Å². The fraction of sp³-hybridized carbons (Fsp3) is 0.625. The maximum absolute atomic E-state index is 11.7. The van der Waals surface area contributed by atoms with E-state index in [1.807, 2.05) is 11.1 Å². The Kier molecular flexibility index (Phi) is 2.50. The Morgan fingerprint density at radius 3 is 3.14 bits per heavy atom. The number of carbonyl (C=O) groups excluding carboxylic acids is 1. The lowest BCUT2D eigenvalue weighted by atomic mass is 10.2. The molecule has 2 heterocycles. The average Bonchev–Trinajstić information content (AvgIpc) is 2.49. The van der Waals surface area contributed by atoms with Gasteiger partial charge in [-0.1, -0.05) is 15.9 Å². The summed E-state index contributed by atoms with van der Waals surface area (Å²) < 4.78 is 0. The normalized spacial score (nSPS) is 32.8. The number of hydrogen-bond acceptors (Lipinski definition) is 4. The number of alkyl halides is 1. The molecule has 0 saturated carbocycles. The first kappa shape index (κ1) is 9.95. The van der Waals surface area contributed by atoms with Crippen molar-refractivity contribution in [2.75, 3.05) is 13.6 Å². The van der Waals surface area contributed by atoms with Gasteiger partial charge in [-0.2, -0.15) is 0 Å². The van der Waals surface area contributed by atoms with Crippen molar-refractivity contribution in [2.24, 2.45) is 5.73 Å². The average molecular weight is 261 g/mol. The van der Waals surface area contributed by atoms with E-state index in [-0.39, 0.29) is 16.9 Å². The predicted octanol–water partition coefficient (Wildman–Crippen LogP) is -0.442. The van der Waals surface area contributed by atoms with Gasteiger partial charge in [0.25, 0.3) is 0 Å². The van der Waals surface area contributed by atoms with Crippen LogP contribution < -0.4 is 11.2 Å². The highest BCUT2D eigenvalue weighted by atomic mass is 79.9. The molecular weight excluding hydrogens is 248 g/mol. The second-order valence-corrected chi connectivity index (χ2v) is 4.49. The second kappa shape index (κ2) is 3.52. The highest BCUT2D eigenvalue weighted by Gasteiger charge is 2.32. The van der Waals surface area contributed by atoms with Gasteiger partial charge >= 0.3 is 0 Å². The van der Waals surface area contributed by atoms with E-state index in [0.29, 0.717) is 6.42 Å². The smallest absolute Gasteiger partial charge is 0.244 e. The zero-order valence-corrected chi connectivity index (χ0v) is 9.49. The molecular formula is C8H13BrN4O. The second-order valence-electron chi connectivity index (χ2n) is 3.50. The summed E-state index contributed by atoms with van der Waals surface area (Å²) in [6.07, 6.45) is 2.63. The molecule has 14 heavy (non-hydrogen) atoms. The van der Waals surface area contributed by atoms with Crippen molar-refractivity contribution in [1.82, 2.24) is 15.3 Å². The molecule has 1 fully saturated rings. The number of amides is 1. The summed E-state index contributed by atoms with van der Waals surface area (Å²) in [4.78, 5) is 13.4. The van der Waals surface area contributed by atoms with Gasteiger partial charge in [-0.15, -0.1) is 0 Å². The topological polar surface area (TPSA) is 61.6 Å². The van der Waals surface area contributed by atoms with Crippen LogP contribution in [0.15, 0.2) is 11.9 Å². The van der Waals surface area contributed by atoms with Crippen LogP contribution in [0.5, 0.6) is 0 Å². The van der Waals surface area contributed by atoms with Gasteiger partial charge in [0, 0.05) is 13.6 Å². The van der Waals surface area contributed by atoms with Crippen molar-refractivity contribution >= 4 is 21.8 Å². The van der Waals surface area contributed by atoms with Gasteiger partial charge in [0.1, 0.15) is 10.8 Å². The fourth-order valence-corrected chi connectivity index (χ4v) is 2.18. The summed E-state index contributed by atoms with van der Waals surface area (Å²) in [5.41, 5.74) is 8.90. The molecule has 0 aromatic heterocycles. The maximum atomic E-state index is 11.7. The van der Waals surface area contributed by atoms with Gasteiger partial charge in [0.2, 0.25) is 5.91 Å². The lowest BCUT2D eigenvalue weighted by Gasteiger charge is -2.24. The van der Waals surface area contributed by atoms with Crippen LogP contribution in [0, 0.1) is 0 Å². The van der Waals surface area contributed by atoms with Gasteiger partial charge in [-0.25, -0.2) is 5.43 Å². The van der Waals surface area contributed by atoms with Crippen LogP contribution in [0.2, 0.25) is 0 Å². The van der Waals surface area contributed by atoms with Crippen molar-refractivity contribution < 1.29 is 4.79 Å². The number of hydrogen-bond donors (Lipinski definition) is 2. The Hall–Kier alpha value is -0.590. The van der Waals surface area contributed by atoms with Gasteiger partial charge in [-0.05, 0) is 12.5 Å². The molecule has 2 unspecified atom stereocenters. The van der Waals surface area contributed by atoms with E-state index in [0.717, 1.165) is 12.4 Å². The van der Waals surface area contributed by atoms with E-state index in [9.17, 15) is 4.79 Å². The predicted molar refractivity (Wildman–Crippen MR) is 56.0 cm³/mol. The Bertz CT molecular complexity index is 293. The van der Waals surface area contributed by atoms with E-state index in [1.54, 1.807) is 11.9 Å². The Balaban J connectivity index is 2.26. The first-order valence-electron chi connectivity index (χ1n) is 4.52. The van der Waals surface area contributed by atoms with Crippen LogP contribution in [0.4, 0.5) is 0 Å². The zero-order chi connectivity index (χ0) is 10.3. The van der Waals surface area contributed by atoms with E-state index in [2.05, 4.69) is 21.4 Å². The molecule has 0 radical (unpaired) electrons. The highest BCUT2D eigenvalue weighted by Crippen LogP contribution is 2.22. The first-order valence-corrected chi connectivity index (χ1v) is 5.44. The molecule has 78 valence electrons. The molecule has 2 aliphatic rings. The van der Waals surface area contributed by atoms with E-state index in [4.69, 9.17) is 5.73 Å². The fourth-order valence-electron chi connectivity index (χ4n) is 1.70. The van der Waals surface area contributed by atoms with Crippen LogP contribution in [0.3, 0.4) is 0 Å². The molecule has 1 amide bonds. The molecule has 0 aliphatic carbocycles. The molecule has 0 aromatic carbocycles. The van der Waals surface area contributed by atoms with Crippen LogP contribution >= 0.6 is 15.9 Å². The summed E-state index contributed by atoms with van der Waals surface area (Å²) in [7, 11) is 1.75. The summed E-state index contributed by atoms with van der Waals surface area (Å²) in [5.74, 6) is 0.854. The highest BCUT2D eigenvalue weighted by molar-refractivity contribution is 9.09. The Morgan fingerprint density at radius 1 is 1.71 bits per heavy atom. The largest absolute Gasteiger partial charge is 0.320 e. The number of nitrogens with one attached hydrogen (secondary N) is 1. The van der Waals surface area contributed by atoms with Gasteiger partial charge < -0.3 is 5.73 Å². The Morgan fingerprint density at radius 2 is 2.43 bits per heavy atom. The monoisotopic (exact) mass is 260 g/mol. The number of hydrazine groups is 1. The quantitative estimate of drug-likeness (QED) is 0.458. The van der Waals surface area contributed by atoms with E-state index < -0.39 is 0 Å². The summed E-state index contributed by atoms with van der Waals surface area (Å²) in [5, 5.41) is 1.95. The summed E-state index contributed by atoms with van der Waals surface area (Å²) in [6.45, 7) is 0.755. The van der Waals surface area contributed by atoms with Crippen molar-refractivity contribution in [3.05, 3.63) is 11.9 Å². The third kappa shape index (κ3) is 1.53. The molecule has 2 aliphatic heterocycles. The summed E-state index contributed by atoms with van der Waals surface area (Å²) in [6, 6.07) is -0.387. The molecule has 2 atom stereocenters. The minimum absolute atomic E-state index is 0.0258. The van der Waals surface area contributed by atoms with Crippen LogP contribution in [0.1, 0.15) is 6.42 Å². The minimum atomic E-state index is -0.387. The standard InChI is InChI=1S/C8H13BrN4O/c1-12-7-4-6(9)11-13(7)3-2-5(10)8(12)14/h4-6,11H,2-3,10H2,1H3. The molecule has 3 N–H and O–H groups in total. The molecule has 2 rings (SSSR count). The van der Waals surface area contributed by atoms with E-state index in [1.165, 1.54) is 0 Å². The van der Waals surface area contributed by atoms with Crippen LogP contribution in [-0.4, -0.2) is 40.4 Å². The number of likely N-dealkylation sites (N-methyl/N-ethyl adjacent to an activating group) is 1. The number of nitrogens with zero attached hydrogens (tertiary/aromatic N) is 2. The van der Waals surface area contributed by atoms with Crippen LogP contribution in [-0.2, 0) is 4.79 Å².